The second-order valence-electron chi connectivity index (χ2n) is 32.7. The Bertz CT molecular complexity index is 3220. The van der Waals surface area contributed by atoms with E-state index in [1.54, 1.807) is 13.0 Å². The van der Waals surface area contributed by atoms with E-state index in [9.17, 15) is 5.11 Å². The van der Waals surface area contributed by atoms with Crippen LogP contribution >= 0.6 is 66.7 Å². The van der Waals surface area contributed by atoms with Crippen LogP contribution in [0.4, 0.5) is 23.8 Å². The van der Waals surface area contributed by atoms with Crippen LogP contribution in [-0.2, 0) is 19.3 Å². The van der Waals surface area contributed by atoms with Gasteiger partial charge in [0.2, 0.25) is 34.4 Å². The maximum atomic E-state index is 10.3. The third-order valence-corrected chi connectivity index (χ3v) is 23.2. The maximum Gasteiger partial charge on any atom is 0.226 e. The van der Waals surface area contributed by atoms with Crippen LogP contribution in [0.2, 0.25) is 15.7 Å². The molecule has 6 aromatic rings. The quantitative estimate of drug-likeness (QED) is 0.0164. The van der Waals surface area contributed by atoms with E-state index in [4.69, 9.17) is 44.8 Å². The summed E-state index contributed by atoms with van der Waals surface area (Å²) in [7, 11) is 0. The average molecular weight is 1790 g/mol. The Morgan fingerprint density at radius 2 is 0.543 bits per heavy atom. The molecule has 10 heterocycles. The van der Waals surface area contributed by atoms with Crippen LogP contribution in [0.15, 0.2) is 28.7 Å². The van der Waals surface area contributed by atoms with E-state index in [0.717, 1.165) is 163 Å². The van der Waals surface area contributed by atoms with E-state index < -0.39 is 0 Å². The number of anilines is 4. The Morgan fingerprint density at radius 1 is 0.293 bits per heavy atom. The molecule has 0 radical (unpaired) electrons. The topological polar surface area (TPSA) is 188 Å². The van der Waals surface area contributed by atoms with Gasteiger partial charge in [-0.25, -0.2) is 59.8 Å². The molecular formula is C94H157Br2Cl3N16O. The van der Waals surface area contributed by atoms with Crippen LogP contribution in [-0.4, -0.2) is 123 Å². The molecule has 0 bridgehead atoms. The number of rotatable bonds is 49. The molecule has 1 N–H and O–H groups in total. The number of aromatic hydroxyl groups is 1. The van der Waals surface area contributed by atoms with E-state index in [1.165, 1.54) is 300 Å². The Kier molecular flexibility index (Phi) is 59.0. The number of hydrogen-bond donors (Lipinski definition) is 1. The predicted molar refractivity (Wildman–Crippen MR) is 503 cm³/mol. The standard InChI is InChI=1S/C24H42BrN3.C24H43N3O.C24H43N3.C9H13N3.C6H7ClN2.C5H4Cl2N2.C2H5Br/c1-3-4-5-6-7-8-9-10-11-12-13-14-15-16-18-22-23(25)21(2)26-24(27-22)28-19-17-20-28;1-3-4-5-6-7-8-9-10-11-12-13-14-15-16-18-22-23(28)21(2)25-24(26-22)27-19-17-20-27;1-3-4-5-6-7-8-9-10-11-12-13-14-15-16-18-23-21-22(2)25-24(26-23)27-19-17-20-27;1-7-6-8(2)11-9(10-7)12-4-3-5-12;1-4-3-5(2)9-6(7)8-4;1-3-2-4(6)9-5(7)8-3;1-2-3/h3-20H2,1-2H3;28H,3-20H2,1-2H3;21H,3-20H2,1-2H3;6H,3-5H2,1-2H3;3H,1-2H3;2H,1H3;2H2,1H3. The molecule has 10 rings (SSSR count). The van der Waals surface area contributed by atoms with Crippen molar-refractivity contribution in [1.82, 2.24) is 59.8 Å². The summed E-state index contributed by atoms with van der Waals surface area (Å²) in [6.45, 7) is 33.4. The first-order chi connectivity index (χ1) is 56.3. The molecule has 4 saturated heterocycles. The highest BCUT2D eigenvalue weighted by Crippen LogP contribution is 2.29. The van der Waals surface area contributed by atoms with Crippen molar-refractivity contribution in [1.29, 1.82) is 0 Å². The summed E-state index contributed by atoms with van der Waals surface area (Å²) < 4.78 is 1.12. The lowest BCUT2D eigenvalue weighted by atomic mass is 10.0. The zero-order chi connectivity index (χ0) is 84.2. The first kappa shape index (κ1) is 104. The lowest BCUT2D eigenvalue weighted by Gasteiger charge is -2.31. The summed E-state index contributed by atoms with van der Waals surface area (Å²) in [6.07, 6.45) is 66.8. The molecule has 0 aromatic carbocycles. The fraction of sp³-hybridized carbons (Fsp3) is 0.745. The second-order valence-corrected chi connectivity index (χ2v) is 35.7. The van der Waals surface area contributed by atoms with Crippen molar-refractivity contribution in [3.8, 4) is 5.75 Å². The molecule has 4 aliphatic heterocycles. The fourth-order valence-electron chi connectivity index (χ4n) is 14.3. The molecule has 22 heteroatoms. The molecular weight excluding hydrogens is 1640 g/mol. The number of nitrogens with zero attached hydrogens (tertiary/aromatic N) is 16. The zero-order valence-corrected chi connectivity index (χ0v) is 80.3. The molecule has 0 saturated carbocycles. The summed E-state index contributed by atoms with van der Waals surface area (Å²) in [5.74, 6) is 3.91. The fourth-order valence-corrected chi connectivity index (χ4v) is 15.4. The molecule has 0 atom stereocenters. The van der Waals surface area contributed by atoms with Gasteiger partial charge in [0.25, 0.3) is 0 Å². The molecule has 0 unspecified atom stereocenters. The molecule has 0 aliphatic carbocycles. The van der Waals surface area contributed by atoms with E-state index in [2.05, 4.69) is 142 Å². The molecule has 6 aromatic heterocycles. The molecule has 0 amide bonds. The lowest BCUT2D eigenvalue weighted by Crippen LogP contribution is -2.38. The van der Waals surface area contributed by atoms with Gasteiger partial charge in [-0.05, 0) is 183 Å². The van der Waals surface area contributed by atoms with Gasteiger partial charge in [-0.15, -0.1) is 0 Å². The Labute approximate surface area is 737 Å². The Morgan fingerprint density at radius 3 is 0.845 bits per heavy atom. The van der Waals surface area contributed by atoms with E-state index >= 15 is 0 Å². The number of hydrogen-bond acceptors (Lipinski definition) is 17. The minimum Gasteiger partial charge on any atom is -0.504 e. The van der Waals surface area contributed by atoms with Gasteiger partial charge < -0.3 is 24.7 Å². The zero-order valence-electron chi connectivity index (χ0n) is 74.8. The summed E-state index contributed by atoms with van der Waals surface area (Å²) in [6, 6.07) is 7.70. The second kappa shape index (κ2) is 66.0. The lowest BCUT2D eigenvalue weighted by molar-refractivity contribution is 0.451. The minimum absolute atomic E-state index is 0.194. The van der Waals surface area contributed by atoms with Crippen LogP contribution < -0.4 is 19.6 Å². The Balaban J connectivity index is 0.000000306. The van der Waals surface area contributed by atoms with Crippen molar-refractivity contribution in [3.05, 3.63) is 107 Å². The van der Waals surface area contributed by atoms with E-state index in [0.29, 0.717) is 16.2 Å². The third-order valence-electron chi connectivity index (χ3n) is 21.7. The van der Waals surface area contributed by atoms with Gasteiger partial charge in [-0.2, -0.15) is 0 Å². The van der Waals surface area contributed by atoms with Gasteiger partial charge in [-0.3, -0.25) is 0 Å². The number of alkyl halides is 1. The van der Waals surface area contributed by atoms with Gasteiger partial charge in [0.1, 0.15) is 5.15 Å². The Hall–Kier alpha value is -4.69. The molecule has 4 aliphatic rings. The SMILES string of the molecule is CCBr.CCCCCCCCCCCCCCCCc1cc(C)nc(N2CCC2)n1.CCCCCCCCCCCCCCCCc1nc(N2CCC2)nc(C)c1Br.CCCCCCCCCCCCCCCCc1nc(N2CCC2)nc(C)c1O.Cc1cc(C)nc(Cl)n1.Cc1cc(C)nc(N2CCC2)n1.Cc1cc(Cl)nc(Cl)n1. The van der Waals surface area contributed by atoms with E-state index in [1.807, 2.05) is 53.7 Å². The number of aromatic nitrogens is 12. The molecule has 0 spiro atoms. The number of aryl methyl sites for hydroxylation is 11. The number of halogens is 5. The van der Waals surface area contributed by atoms with Gasteiger partial charge in [-0.1, -0.05) is 306 Å². The molecule has 17 nitrogen and oxygen atoms in total. The van der Waals surface area contributed by atoms with Crippen LogP contribution in [0.3, 0.4) is 0 Å². The number of unbranched alkanes of at least 4 members (excludes halogenated alkanes) is 39. The van der Waals surface area contributed by atoms with Gasteiger partial charge >= 0.3 is 0 Å². The summed E-state index contributed by atoms with van der Waals surface area (Å²) in [5, 5.41) is 12.2. The van der Waals surface area contributed by atoms with E-state index in [-0.39, 0.29) is 5.28 Å². The first-order valence-electron chi connectivity index (χ1n) is 46.2. The van der Waals surface area contributed by atoms with Crippen LogP contribution in [0, 0.1) is 55.4 Å². The third kappa shape index (κ3) is 48.1. The van der Waals surface area contributed by atoms with Crippen molar-refractivity contribution in [2.75, 3.05) is 77.3 Å². The van der Waals surface area contributed by atoms with Crippen molar-refractivity contribution in [2.45, 2.75) is 398 Å². The van der Waals surface area contributed by atoms with Crippen molar-refractivity contribution in [3.63, 3.8) is 0 Å². The highest BCUT2D eigenvalue weighted by Gasteiger charge is 2.23. The summed E-state index contributed by atoms with van der Waals surface area (Å²) in [5.41, 5.74) is 10.9. The van der Waals surface area contributed by atoms with Crippen LogP contribution in [0.25, 0.3) is 0 Å². The largest absolute Gasteiger partial charge is 0.504 e. The summed E-state index contributed by atoms with van der Waals surface area (Å²) >= 11 is 23.3. The maximum absolute atomic E-state index is 10.3. The van der Waals surface area contributed by atoms with Crippen molar-refractivity contribution < 1.29 is 5.11 Å². The predicted octanol–water partition coefficient (Wildman–Crippen LogP) is 28.1. The molecule has 654 valence electrons. The summed E-state index contributed by atoms with van der Waals surface area (Å²) in [4.78, 5) is 60.8. The van der Waals surface area contributed by atoms with Crippen LogP contribution in [0.1, 0.15) is 386 Å². The first-order valence-corrected chi connectivity index (χ1v) is 49.3. The monoisotopic (exact) mass is 1790 g/mol. The van der Waals surface area contributed by atoms with Gasteiger partial charge in [0, 0.05) is 97.5 Å². The smallest absolute Gasteiger partial charge is 0.226 e. The highest BCUT2D eigenvalue weighted by molar-refractivity contribution is 9.10. The van der Waals surface area contributed by atoms with Gasteiger partial charge in [0.15, 0.2) is 5.75 Å². The van der Waals surface area contributed by atoms with Crippen LogP contribution in [0.5, 0.6) is 5.75 Å². The molecule has 4 fully saturated rings. The average Bonchev–Trinajstić information content (AvgIpc) is 0.456. The van der Waals surface area contributed by atoms with Gasteiger partial charge in [0.05, 0.1) is 27.2 Å². The van der Waals surface area contributed by atoms with Crippen molar-refractivity contribution in [2.24, 2.45) is 0 Å². The molecule has 116 heavy (non-hydrogen) atoms. The minimum atomic E-state index is 0.194. The normalized spacial score (nSPS) is 13.1. The van der Waals surface area contributed by atoms with Crippen molar-refractivity contribution >= 4 is 90.5 Å². The highest BCUT2D eigenvalue weighted by atomic mass is 79.9.